The maximum atomic E-state index is 14.5. The van der Waals surface area contributed by atoms with Gasteiger partial charge in [0.1, 0.15) is 30.5 Å². The third kappa shape index (κ3) is 8.18. The number of halogens is 1. The molecular formula is C33H37FN2O4. The highest BCUT2D eigenvalue weighted by molar-refractivity contribution is 5.69. The summed E-state index contributed by atoms with van der Waals surface area (Å²) < 4.78 is 33.2. The predicted octanol–water partition coefficient (Wildman–Crippen LogP) is 7.02. The number of para-hydroxylation sites is 1. The highest BCUT2D eigenvalue weighted by atomic mass is 19.1. The van der Waals surface area contributed by atoms with E-state index in [4.69, 9.17) is 19.3 Å². The monoisotopic (exact) mass is 544 g/mol. The number of nitrogens with zero attached hydrogens (tertiary/aromatic N) is 2. The molecule has 0 fully saturated rings. The number of ether oxygens (including phenoxy) is 3. The van der Waals surface area contributed by atoms with Crippen molar-refractivity contribution in [3.63, 3.8) is 0 Å². The first-order chi connectivity index (χ1) is 19.2. The lowest BCUT2D eigenvalue weighted by Crippen LogP contribution is -2.13. The molecule has 0 aliphatic carbocycles. The standard InChI is InChI=1S/C33H37FN2O4/c1-5-38-32(37)18-16-26-15-17-29(20-30(26)34)39-22-25-13-11-24(12-14-25)21-36-27(19-31(35-36)33(2,3)4)23-40-28-9-7-6-8-10-28/h6-15,17,19-20H,5,16,18,21-23H2,1-4H3. The van der Waals surface area contributed by atoms with Crippen LogP contribution in [0.15, 0.2) is 78.9 Å². The number of aryl methyl sites for hydroxylation is 1. The molecule has 1 aromatic heterocycles. The summed E-state index contributed by atoms with van der Waals surface area (Å²) in [5.41, 5.74) is 4.49. The zero-order valence-corrected chi connectivity index (χ0v) is 23.7. The topological polar surface area (TPSA) is 62.6 Å². The van der Waals surface area contributed by atoms with E-state index in [2.05, 4.69) is 39.0 Å². The first kappa shape index (κ1) is 28.9. The first-order valence-corrected chi connectivity index (χ1v) is 13.6. The normalized spacial score (nSPS) is 11.3. The Morgan fingerprint density at radius 2 is 1.57 bits per heavy atom. The van der Waals surface area contributed by atoms with Gasteiger partial charge in [0.2, 0.25) is 0 Å². The summed E-state index contributed by atoms with van der Waals surface area (Å²) in [5, 5.41) is 4.89. The fourth-order valence-corrected chi connectivity index (χ4v) is 4.12. The second-order valence-electron chi connectivity index (χ2n) is 10.7. The molecule has 0 aliphatic heterocycles. The van der Waals surface area contributed by atoms with Crippen LogP contribution in [0.3, 0.4) is 0 Å². The average Bonchev–Trinajstić information content (AvgIpc) is 3.35. The minimum atomic E-state index is -0.391. The molecule has 0 aliphatic rings. The summed E-state index contributed by atoms with van der Waals surface area (Å²) in [6, 6.07) is 24.7. The summed E-state index contributed by atoms with van der Waals surface area (Å²) in [6.07, 6.45) is 0.439. The van der Waals surface area contributed by atoms with Crippen LogP contribution in [0.5, 0.6) is 11.5 Å². The minimum Gasteiger partial charge on any atom is -0.489 e. The molecule has 1 heterocycles. The molecule has 0 bridgehead atoms. The van der Waals surface area contributed by atoms with Crippen molar-refractivity contribution in [2.45, 2.75) is 65.7 Å². The second kappa shape index (κ2) is 13.3. The van der Waals surface area contributed by atoms with Gasteiger partial charge in [0, 0.05) is 17.9 Å². The highest BCUT2D eigenvalue weighted by Crippen LogP contribution is 2.24. The van der Waals surface area contributed by atoms with Gasteiger partial charge in [-0.3, -0.25) is 9.48 Å². The zero-order valence-electron chi connectivity index (χ0n) is 23.7. The van der Waals surface area contributed by atoms with Gasteiger partial charge >= 0.3 is 5.97 Å². The van der Waals surface area contributed by atoms with E-state index in [1.54, 1.807) is 19.1 Å². The van der Waals surface area contributed by atoms with Crippen LogP contribution in [0.1, 0.15) is 62.2 Å². The summed E-state index contributed by atoms with van der Waals surface area (Å²) in [7, 11) is 0. The van der Waals surface area contributed by atoms with E-state index in [9.17, 15) is 9.18 Å². The molecule has 0 atom stereocenters. The smallest absolute Gasteiger partial charge is 0.306 e. The van der Waals surface area contributed by atoms with Crippen molar-refractivity contribution in [2.75, 3.05) is 6.61 Å². The molecule has 4 rings (SSSR count). The highest BCUT2D eigenvalue weighted by Gasteiger charge is 2.20. The van der Waals surface area contributed by atoms with Crippen LogP contribution in [-0.2, 0) is 41.1 Å². The van der Waals surface area contributed by atoms with Crippen molar-refractivity contribution in [2.24, 2.45) is 0 Å². The van der Waals surface area contributed by atoms with Gasteiger partial charge in [0.05, 0.1) is 24.5 Å². The van der Waals surface area contributed by atoms with E-state index >= 15 is 0 Å². The van der Waals surface area contributed by atoms with Gasteiger partial charge in [0.25, 0.3) is 0 Å². The van der Waals surface area contributed by atoms with Gasteiger partial charge < -0.3 is 14.2 Å². The fourth-order valence-electron chi connectivity index (χ4n) is 4.12. The van der Waals surface area contributed by atoms with Crippen LogP contribution in [0.25, 0.3) is 0 Å². The largest absolute Gasteiger partial charge is 0.489 e. The summed E-state index contributed by atoms with van der Waals surface area (Å²) in [6.45, 7) is 9.88. The van der Waals surface area contributed by atoms with Crippen LogP contribution >= 0.6 is 0 Å². The molecule has 0 spiro atoms. The molecule has 7 heteroatoms. The van der Waals surface area contributed by atoms with Crippen molar-refractivity contribution >= 4 is 5.97 Å². The third-order valence-corrected chi connectivity index (χ3v) is 6.45. The number of esters is 1. The van der Waals surface area contributed by atoms with Gasteiger partial charge in [-0.05, 0) is 54.3 Å². The Balaban J connectivity index is 1.36. The molecule has 3 aromatic carbocycles. The fraction of sp³-hybridized carbons (Fsp3) is 0.333. The Morgan fingerprint density at radius 3 is 2.25 bits per heavy atom. The number of benzene rings is 3. The lowest BCUT2D eigenvalue weighted by Gasteiger charge is -2.14. The molecule has 0 radical (unpaired) electrons. The van der Waals surface area contributed by atoms with E-state index in [1.165, 1.54) is 6.07 Å². The molecule has 0 saturated heterocycles. The van der Waals surface area contributed by atoms with E-state index in [1.807, 2.05) is 47.1 Å². The van der Waals surface area contributed by atoms with Gasteiger partial charge in [-0.15, -0.1) is 0 Å². The average molecular weight is 545 g/mol. The Kier molecular flexibility index (Phi) is 9.59. The van der Waals surface area contributed by atoms with Crippen LogP contribution in [-0.4, -0.2) is 22.4 Å². The quantitative estimate of drug-likeness (QED) is 0.179. The van der Waals surface area contributed by atoms with E-state index in [0.717, 1.165) is 28.3 Å². The maximum absolute atomic E-state index is 14.5. The van der Waals surface area contributed by atoms with E-state index in [-0.39, 0.29) is 17.8 Å². The predicted molar refractivity (Wildman–Crippen MR) is 153 cm³/mol. The third-order valence-electron chi connectivity index (χ3n) is 6.45. The molecule has 0 N–H and O–H groups in total. The summed E-state index contributed by atoms with van der Waals surface area (Å²) in [5.74, 6) is 0.543. The molecular weight excluding hydrogens is 507 g/mol. The Morgan fingerprint density at radius 1 is 0.875 bits per heavy atom. The Bertz CT molecular complexity index is 1390. The van der Waals surface area contributed by atoms with Crippen LogP contribution in [0, 0.1) is 5.82 Å². The van der Waals surface area contributed by atoms with Crippen molar-refractivity contribution < 1.29 is 23.4 Å². The maximum Gasteiger partial charge on any atom is 0.306 e. The Hall–Kier alpha value is -4.13. The number of hydrogen-bond donors (Lipinski definition) is 0. The summed E-state index contributed by atoms with van der Waals surface area (Å²) in [4.78, 5) is 11.5. The van der Waals surface area contributed by atoms with Gasteiger partial charge in [-0.1, -0.05) is 69.3 Å². The zero-order chi connectivity index (χ0) is 28.5. The number of carbonyl (C=O) groups excluding carboxylic acids is 1. The van der Waals surface area contributed by atoms with Crippen molar-refractivity contribution in [1.82, 2.24) is 9.78 Å². The van der Waals surface area contributed by atoms with E-state index < -0.39 is 5.82 Å². The number of rotatable bonds is 12. The number of aromatic nitrogens is 2. The van der Waals surface area contributed by atoms with Gasteiger partial charge in [0.15, 0.2) is 0 Å². The van der Waals surface area contributed by atoms with E-state index in [0.29, 0.717) is 44.1 Å². The first-order valence-electron chi connectivity index (χ1n) is 13.6. The number of carbonyl (C=O) groups is 1. The molecule has 0 unspecified atom stereocenters. The minimum absolute atomic E-state index is 0.0769. The Labute approximate surface area is 235 Å². The van der Waals surface area contributed by atoms with Crippen molar-refractivity contribution in [1.29, 1.82) is 0 Å². The lowest BCUT2D eigenvalue weighted by molar-refractivity contribution is -0.143. The SMILES string of the molecule is CCOC(=O)CCc1ccc(OCc2ccc(Cn3nc(C(C)(C)C)cc3COc3ccccc3)cc2)cc1F. The van der Waals surface area contributed by atoms with Crippen LogP contribution in [0.2, 0.25) is 0 Å². The van der Waals surface area contributed by atoms with Crippen LogP contribution in [0.4, 0.5) is 4.39 Å². The molecule has 4 aromatic rings. The van der Waals surface area contributed by atoms with Crippen molar-refractivity contribution in [3.8, 4) is 11.5 Å². The second-order valence-corrected chi connectivity index (χ2v) is 10.7. The molecule has 210 valence electrons. The molecule has 40 heavy (non-hydrogen) atoms. The van der Waals surface area contributed by atoms with Crippen molar-refractivity contribution in [3.05, 3.63) is 113 Å². The molecule has 6 nitrogen and oxygen atoms in total. The number of hydrogen-bond acceptors (Lipinski definition) is 5. The van der Waals surface area contributed by atoms with Gasteiger partial charge in [-0.25, -0.2) is 4.39 Å². The van der Waals surface area contributed by atoms with Gasteiger partial charge in [-0.2, -0.15) is 5.10 Å². The summed E-state index contributed by atoms with van der Waals surface area (Å²) >= 11 is 0. The molecule has 0 amide bonds. The van der Waals surface area contributed by atoms with Crippen LogP contribution < -0.4 is 9.47 Å². The molecule has 0 saturated carbocycles. The lowest BCUT2D eigenvalue weighted by atomic mass is 9.92.